The van der Waals surface area contributed by atoms with E-state index in [1.54, 1.807) is 0 Å². The summed E-state index contributed by atoms with van der Waals surface area (Å²) in [5, 5.41) is 0.762. The van der Waals surface area contributed by atoms with Crippen LogP contribution in [0.1, 0.15) is 30.5 Å². The van der Waals surface area contributed by atoms with E-state index in [0.29, 0.717) is 0 Å². The highest BCUT2D eigenvalue weighted by Crippen LogP contribution is 2.35. The van der Waals surface area contributed by atoms with Crippen molar-refractivity contribution in [1.82, 2.24) is 0 Å². The smallest absolute Gasteiger partial charge is 0.0446 e. The third-order valence-electron chi connectivity index (χ3n) is 4.81. The van der Waals surface area contributed by atoms with Gasteiger partial charge in [-0.15, -0.1) is 0 Å². The predicted molar refractivity (Wildman–Crippen MR) is 110 cm³/mol. The minimum Gasteiger partial charge on any atom is -0.342 e. The summed E-state index contributed by atoms with van der Waals surface area (Å²) in [5.74, 6) is 0. The molecule has 2 aromatic rings. The van der Waals surface area contributed by atoms with Gasteiger partial charge in [0.2, 0.25) is 0 Å². The summed E-state index contributed by atoms with van der Waals surface area (Å²) in [5.41, 5.74) is 8.71. The number of rotatable bonds is 3. The zero-order valence-electron chi connectivity index (χ0n) is 15.1. The van der Waals surface area contributed by atoms with E-state index in [1.807, 2.05) is 24.3 Å². The van der Waals surface area contributed by atoms with Gasteiger partial charge < -0.3 is 4.90 Å². The molecule has 0 N–H and O–H groups in total. The van der Waals surface area contributed by atoms with E-state index in [9.17, 15) is 0 Å². The summed E-state index contributed by atoms with van der Waals surface area (Å²) in [4.78, 5) is 2.31. The largest absolute Gasteiger partial charge is 0.342 e. The molecule has 0 spiro atoms. The van der Waals surface area contributed by atoms with Crippen molar-refractivity contribution >= 4 is 23.4 Å². The molecule has 0 radical (unpaired) electrons. The van der Waals surface area contributed by atoms with Crippen LogP contribution in [0.4, 0.5) is 5.69 Å². The topological polar surface area (TPSA) is 3.24 Å². The highest BCUT2D eigenvalue weighted by Gasteiger charge is 2.20. The summed E-state index contributed by atoms with van der Waals surface area (Å²) in [6.07, 6.45) is 5.29. The van der Waals surface area contributed by atoms with Crippen molar-refractivity contribution in [3.05, 3.63) is 93.7 Å². The molecule has 0 saturated carbocycles. The van der Waals surface area contributed by atoms with Crippen molar-refractivity contribution in [1.29, 1.82) is 0 Å². The second-order valence-electron chi connectivity index (χ2n) is 6.54. The predicted octanol–water partition coefficient (Wildman–Crippen LogP) is 6.57. The number of likely N-dealkylation sites (N-methyl/N-ethyl adjacent to an activating group) is 1. The molecule has 25 heavy (non-hydrogen) atoms. The van der Waals surface area contributed by atoms with Gasteiger partial charge in [-0.05, 0) is 67.7 Å². The van der Waals surface area contributed by atoms with Crippen LogP contribution in [0.25, 0.3) is 6.08 Å². The Hall–Kier alpha value is -2.25. The van der Waals surface area contributed by atoms with Gasteiger partial charge in [-0.3, -0.25) is 0 Å². The summed E-state index contributed by atoms with van der Waals surface area (Å²) < 4.78 is 0. The van der Waals surface area contributed by atoms with Crippen LogP contribution in [0.15, 0.2) is 72.0 Å². The molecule has 0 unspecified atom stereocenters. The van der Waals surface area contributed by atoms with Gasteiger partial charge in [-0.25, -0.2) is 0 Å². The van der Waals surface area contributed by atoms with Crippen LogP contribution in [-0.2, 0) is 6.42 Å². The maximum atomic E-state index is 5.98. The number of halogens is 1. The maximum Gasteiger partial charge on any atom is 0.0446 e. The zero-order valence-corrected chi connectivity index (χ0v) is 15.9. The fraction of sp³-hybridized carbons (Fsp3) is 0.217. The van der Waals surface area contributed by atoms with Gasteiger partial charge in [-0.1, -0.05) is 60.2 Å². The van der Waals surface area contributed by atoms with Crippen LogP contribution in [0, 0.1) is 6.92 Å². The summed E-state index contributed by atoms with van der Waals surface area (Å²) in [6, 6.07) is 14.6. The molecular weight excluding hydrogens is 326 g/mol. The normalized spacial score (nSPS) is 14.9. The Bertz CT molecular complexity index is 856. The molecule has 0 amide bonds. The van der Waals surface area contributed by atoms with E-state index in [1.165, 1.54) is 28.0 Å². The molecular formula is C23H24ClN. The van der Waals surface area contributed by atoms with Crippen molar-refractivity contribution < 1.29 is 0 Å². The summed E-state index contributed by atoms with van der Waals surface area (Å²) >= 11 is 5.98. The van der Waals surface area contributed by atoms with Gasteiger partial charge in [0, 0.05) is 23.0 Å². The minimum absolute atomic E-state index is 0.762. The highest BCUT2D eigenvalue weighted by molar-refractivity contribution is 6.30. The lowest BCUT2D eigenvalue weighted by molar-refractivity contribution is 0.964. The zero-order chi connectivity index (χ0) is 18.0. The number of fused-ring (bicyclic) bond motifs is 1. The first-order valence-electron chi connectivity index (χ1n) is 8.69. The van der Waals surface area contributed by atoms with Gasteiger partial charge in [0.15, 0.2) is 0 Å². The molecule has 0 aliphatic carbocycles. The molecule has 0 fully saturated rings. The standard InChI is InChI=1S/C23H24ClN/c1-5-25-18(4)17(3)20(10-7-19-8-11-22(24)12-9-19)15-21-14-16(2)6-13-23(21)25/h6-14H,4-5,15H2,1-3H3/b10-7+. The molecule has 1 heterocycles. The van der Waals surface area contributed by atoms with Crippen LogP contribution < -0.4 is 4.90 Å². The lowest BCUT2D eigenvalue weighted by atomic mass is 9.98. The van der Waals surface area contributed by atoms with E-state index in [4.69, 9.17) is 11.6 Å². The maximum absolute atomic E-state index is 5.98. The Kier molecular flexibility index (Phi) is 5.15. The van der Waals surface area contributed by atoms with E-state index in [0.717, 1.165) is 29.2 Å². The van der Waals surface area contributed by atoms with Gasteiger partial charge in [0.25, 0.3) is 0 Å². The quantitative estimate of drug-likeness (QED) is 0.605. The number of benzene rings is 2. The van der Waals surface area contributed by atoms with Gasteiger partial charge in [-0.2, -0.15) is 0 Å². The molecule has 0 aromatic heterocycles. The lowest BCUT2D eigenvalue weighted by Gasteiger charge is -2.26. The first-order chi connectivity index (χ1) is 12.0. The number of aryl methyl sites for hydroxylation is 1. The van der Waals surface area contributed by atoms with Crippen molar-refractivity contribution in [3.63, 3.8) is 0 Å². The van der Waals surface area contributed by atoms with Crippen LogP contribution in [0.2, 0.25) is 5.02 Å². The molecule has 0 atom stereocenters. The third kappa shape index (κ3) is 3.72. The number of hydrogen-bond donors (Lipinski definition) is 0. The van der Waals surface area contributed by atoms with Crippen molar-refractivity contribution in [2.24, 2.45) is 0 Å². The van der Waals surface area contributed by atoms with Crippen molar-refractivity contribution in [3.8, 4) is 0 Å². The number of allylic oxidation sites excluding steroid dienone is 3. The number of hydrogen-bond acceptors (Lipinski definition) is 1. The van der Waals surface area contributed by atoms with E-state index < -0.39 is 0 Å². The number of nitrogens with zero attached hydrogens (tertiary/aromatic N) is 1. The summed E-state index contributed by atoms with van der Waals surface area (Å²) in [6.45, 7) is 11.8. The number of anilines is 1. The van der Waals surface area contributed by atoms with Gasteiger partial charge >= 0.3 is 0 Å². The van der Waals surface area contributed by atoms with Gasteiger partial charge in [0.1, 0.15) is 0 Å². The Labute approximate surface area is 155 Å². The monoisotopic (exact) mass is 349 g/mol. The van der Waals surface area contributed by atoms with Crippen molar-refractivity contribution in [2.75, 3.05) is 11.4 Å². The second kappa shape index (κ2) is 7.33. The molecule has 0 bridgehead atoms. The Balaban J connectivity index is 2.01. The lowest BCUT2D eigenvalue weighted by Crippen LogP contribution is -2.22. The van der Waals surface area contributed by atoms with E-state index >= 15 is 0 Å². The van der Waals surface area contributed by atoms with Crippen LogP contribution in [-0.4, -0.2) is 6.54 Å². The third-order valence-corrected chi connectivity index (χ3v) is 5.06. The average molecular weight is 350 g/mol. The molecule has 1 aliphatic heterocycles. The molecule has 3 rings (SSSR count). The molecule has 2 aromatic carbocycles. The fourth-order valence-corrected chi connectivity index (χ4v) is 3.43. The van der Waals surface area contributed by atoms with Crippen LogP contribution in [0.5, 0.6) is 0 Å². The van der Waals surface area contributed by atoms with E-state index in [2.05, 4.69) is 62.6 Å². The molecule has 2 heteroatoms. The molecule has 1 nitrogen and oxygen atoms in total. The first-order valence-corrected chi connectivity index (χ1v) is 9.07. The Morgan fingerprint density at radius 2 is 1.80 bits per heavy atom. The molecule has 128 valence electrons. The van der Waals surface area contributed by atoms with Crippen molar-refractivity contribution in [2.45, 2.75) is 27.2 Å². The van der Waals surface area contributed by atoms with Crippen LogP contribution in [0.3, 0.4) is 0 Å². The van der Waals surface area contributed by atoms with Gasteiger partial charge in [0.05, 0.1) is 0 Å². The Morgan fingerprint density at radius 3 is 2.48 bits per heavy atom. The van der Waals surface area contributed by atoms with E-state index in [-0.39, 0.29) is 0 Å². The average Bonchev–Trinajstić information content (AvgIpc) is 2.70. The summed E-state index contributed by atoms with van der Waals surface area (Å²) in [7, 11) is 0. The highest BCUT2D eigenvalue weighted by atomic mass is 35.5. The molecule has 1 aliphatic rings. The minimum atomic E-state index is 0.762. The Morgan fingerprint density at radius 1 is 1.08 bits per heavy atom. The van der Waals surface area contributed by atoms with Crippen LogP contribution >= 0.6 is 11.6 Å². The first kappa shape index (κ1) is 17.6. The second-order valence-corrected chi connectivity index (χ2v) is 6.97. The molecule has 0 saturated heterocycles. The SMILES string of the molecule is C=C1C(C)=C(/C=C/c2ccc(Cl)cc2)Cc2cc(C)ccc2N1CC. The fourth-order valence-electron chi connectivity index (χ4n) is 3.31.